The number of benzene rings is 1. The van der Waals surface area contributed by atoms with Crippen LogP contribution in [0, 0.1) is 12.3 Å². The predicted octanol–water partition coefficient (Wildman–Crippen LogP) is 3.68. The van der Waals surface area contributed by atoms with Crippen molar-refractivity contribution in [3.63, 3.8) is 0 Å². The molecule has 1 aromatic carbocycles. The zero-order valence-electron chi connectivity index (χ0n) is 17.6. The largest absolute Gasteiger partial charge is 0.463 e. The molecule has 0 radical (unpaired) electrons. The second-order valence-corrected chi connectivity index (χ2v) is 9.36. The van der Waals surface area contributed by atoms with Crippen LogP contribution in [-0.2, 0) is 17.8 Å². The number of amidine groups is 1. The van der Waals surface area contributed by atoms with E-state index in [0.717, 1.165) is 11.3 Å². The van der Waals surface area contributed by atoms with Gasteiger partial charge < -0.3 is 15.0 Å². The number of nitrogens with zero attached hydrogens (tertiary/aromatic N) is 4. The third kappa shape index (κ3) is 4.14. The number of aromatic nitrogens is 2. The summed E-state index contributed by atoms with van der Waals surface area (Å²) in [6.45, 7) is 3.42. The maximum Gasteiger partial charge on any atom is 0.289 e. The molecule has 2 amide bonds. The Morgan fingerprint density at radius 3 is 2.88 bits per heavy atom. The first-order valence-corrected chi connectivity index (χ1v) is 11.4. The fourth-order valence-corrected chi connectivity index (χ4v) is 4.81. The number of nitrogens with one attached hydrogen (secondary N) is 2. The zero-order chi connectivity index (χ0) is 23.1. The fraction of sp³-hybridized carbons (Fsp3) is 0.227. The molecule has 33 heavy (non-hydrogen) atoms. The Bertz CT molecular complexity index is 1290. The number of carbonyl (C=O) groups excluding carboxylic acids is 2. The van der Waals surface area contributed by atoms with Crippen LogP contribution in [0.2, 0.25) is 4.34 Å². The number of carbonyl (C=O) groups is 2. The molecule has 2 aliphatic rings. The zero-order valence-corrected chi connectivity index (χ0v) is 19.2. The highest BCUT2D eigenvalue weighted by molar-refractivity contribution is 7.18. The van der Waals surface area contributed by atoms with Gasteiger partial charge in [-0.15, -0.1) is 11.3 Å². The van der Waals surface area contributed by atoms with Crippen molar-refractivity contribution in [1.82, 2.24) is 14.9 Å². The van der Waals surface area contributed by atoms with Crippen LogP contribution in [0.3, 0.4) is 0 Å². The molecule has 2 aromatic heterocycles. The molecule has 9 nitrogen and oxygen atoms in total. The number of thiophene rings is 1. The van der Waals surface area contributed by atoms with Crippen molar-refractivity contribution in [3.05, 3.63) is 68.3 Å². The fourth-order valence-electron chi connectivity index (χ4n) is 3.87. The van der Waals surface area contributed by atoms with Crippen molar-refractivity contribution in [2.45, 2.75) is 20.0 Å². The average molecular weight is 483 g/mol. The van der Waals surface area contributed by atoms with Crippen LogP contribution in [0.25, 0.3) is 0 Å². The molecule has 1 fully saturated rings. The number of ether oxygens (including phenoxy) is 1. The van der Waals surface area contributed by atoms with E-state index in [1.165, 1.54) is 11.3 Å². The minimum Gasteiger partial charge on any atom is -0.463 e. The second-order valence-electron chi connectivity index (χ2n) is 7.64. The molecule has 0 bridgehead atoms. The number of anilines is 2. The van der Waals surface area contributed by atoms with Crippen LogP contribution in [0.4, 0.5) is 11.5 Å². The van der Waals surface area contributed by atoms with Crippen molar-refractivity contribution in [1.29, 1.82) is 5.41 Å². The highest BCUT2D eigenvalue weighted by Gasteiger charge is 2.33. The first kappa shape index (κ1) is 21.4. The number of amides is 2. The quantitative estimate of drug-likeness (QED) is 0.573. The molecule has 2 aliphatic heterocycles. The van der Waals surface area contributed by atoms with Crippen molar-refractivity contribution in [2.24, 2.45) is 0 Å². The van der Waals surface area contributed by atoms with Gasteiger partial charge in [0.1, 0.15) is 23.9 Å². The Kier molecular flexibility index (Phi) is 5.47. The van der Waals surface area contributed by atoms with E-state index in [1.54, 1.807) is 28.9 Å². The molecule has 0 saturated carbocycles. The van der Waals surface area contributed by atoms with Gasteiger partial charge in [-0.2, -0.15) is 0 Å². The average Bonchev–Trinajstić information content (AvgIpc) is 3.49. The summed E-state index contributed by atoms with van der Waals surface area (Å²) in [7, 11) is 0. The molecular weight excluding hydrogens is 464 g/mol. The number of fused-ring (bicyclic) bond motifs is 1. The maximum atomic E-state index is 13.1. The lowest BCUT2D eigenvalue weighted by atomic mass is 10.1. The molecule has 2 N–H and O–H groups in total. The van der Waals surface area contributed by atoms with Crippen molar-refractivity contribution >= 4 is 52.3 Å². The monoisotopic (exact) mass is 482 g/mol. The van der Waals surface area contributed by atoms with Gasteiger partial charge in [0.15, 0.2) is 0 Å². The van der Waals surface area contributed by atoms with E-state index < -0.39 is 0 Å². The van der Waals surface area contributed by atoms with Gasteiger partial charge >= 0.3 is 0 Å². The van der Waals surface area contributed by atoms with Gasteiger partial charge in [-0.05, 0) is 36.8 Å². The number of hydrogen-bond acceptors (Lipinski definition) is 7. The van der Waals surface area contributed by atoms with Crippen LogP contribution >= 0.6 is 22.9 Å². The van der Waals surface area contributed by atoms with Crippen molar-refractivity contribution < 1.29 is 14.3 Å². The highest BCUT2D eigenvalue weighted by atomic mass is 35.5. The molecule has 0 aliphatic carbocycles. The normalized spacial score (nSPS) is 15.1. The third-order valence-electron chi connectivity index (χ3n) is 5.38. The summed E-state index contributed by atoms with van der Waals surface area (Å²) in [4.78, 5) is 38.4. The number of aryl methyl sites for hydroxylation is 1. The van der Waals surface area contributed by atoms with E-state index in [9.17, 15) is 9.59 Å². The van der Waals surface area contributed by atoms with E-state index >= 15 is 0 Å². The highest BCUT2D eigenvalue weighted by Crippen LogP contribution is 2.30. The van der Waals surface area contributed by atoms with Gasteiger partial charge in [0, 0.05) is 17.8 Å². The molecule has 11 heteroatoms. The molecule has 0 atom stereocenters. The lowest BCUT2D eigenvalue weighted by molar-refractivity contribution is 0.0762. The summed E-state index contributed by atoms with van der Waals surface area (Å²) in [5.74, 6) is 0.186. The topological polar surface area (TPSA) is 112 Å². The number of halogens is 1. The van der Waals surface area contributed by atoms with Crippen LogP contribution in [0.1, 0.15) is 37.1 Å². The van der Waals surface area contributed by atoms with Crippen LogP contribution in [0.5, 0.6) is 0 Å². The molecule has 4 heterocycles. The molecule has 1 saturated heterocycles. The van der Waals surface area contributed by atoms with E-state index in [-0.39, 0.29) is 24.4 Å². The first-order chi connectivity index (χ1) is 15.9. The molecule has 0 spiro atoms. The third-order valence-corrected chi connectivity index (χ3v) is 6.61. The Morgan fingerprint density at radius 1 is 1.30 bits per heavy atom. The minimum absolute atomic E-state index is 0.120. The molecule has 168 valence electrons. The van der Waals surface area contributed by atoms with Gasteiger partial charge in [-0.1, -0.05) is 23.7 Å². The lowest BCUT2D eigenvalue weighted by Crippen LogP contribution is -2.25. The van der Waals surface area contributed by atoms with Gasteiger partial charge in [0.2, 0.25) is 0 Å². The van der Waals surface area contributed by atoms with Gasteiger partial charge in [-0.3, -0.25) is 19.9 Å². The van der Waals surface area contributed by atoms with Gasteiger partial charge in [0.25, 0.3) is 17.8 Å². The van der Waals surface area contributed by atoms with E-state index in [1.807, 2.05) is 24.3 Å². The number of hydrogen-bond donors (Lipinski definition) is 2. The minimum atomic E-state index is -0.332. The van der Waals surface area contributed by atoms with E-state index in [4.69, 9.17) is 21.7 Å². The van der Waals surface area contributed by atoms with E-state index in [0.29, 0.717) is 51.8 Å². The molecule has 0 unspecified atom stereocenters. The van der Waals surface area contributed by atoms with Gasteiger partial charge in [0.05, 0.1) is 22.3 Å². The maximum absolute atomic E-state index is 13.1. The van der Waals surface area contributed by atoms with Crippen LogP contribution in [-0.4, -0.2) is 45.9 Å². The Morgan fingerprint density at radius 2 is 2.15 bits per heavy atom. The molecule has 3 aromatic rings. The molecular formula is C22H19ClN6O3S. The summed E-state index contributed by atoms with van der Waals surface area (Å²) in [5, 5.41) is 10.7. The molecule has 5 rings (SSSR count). The van der Waals surface area contributed by atoms with Crippen LogP contribution < -0.4 is 10.2 Å². The van der Waals surface area contributed by atoms with Gasteiger partial charge in [-0.25, -0.2) is 9.97 Å². The van der Waals surface area contributed by atoms with Crippen molar-refractivity contribution in [2.75, 3.05) is 23.4 Å². The standard InChI is InChI=1S/C22H19ClN6O3S/c1-12-25-18-15(19(26-12)27-20(30)16-5-6-17(23)33-16)11-28(21(18)31)10-13-3-2-4-14(9-13)29-7-8-32-22(29)24/h2-6,9,24H,7-8,10-11H2,1H3,(H,25,26,27,30). The Balaban J connectivity index is 1.37. The smallest absolute Gasteiger partial charge is 0.289 e. The summed E-state index contributed by atoms with van der Waals surface area (Å²) in [5.41, 5.74) is 2.65. The summed E-state index contributed by atoms with van der Waals surface area (Å²) in [6.07, 6.45) is 0. The second kappa shape index (κ2) is 8.45. The SMILES string of the molecule is Cc1nc(NC(=O)c2ccc(Cl)s2)c2c(n1)C(=O)N(Cc1cccc(N3CCOC3=N)c1)C2. The van der Waals surface area contributed by atoms with Crippen LogP contribution in [0.15, 0.2) is 36.4 Å². The first-order valence-electron chi connectivity index (χ1n) is 10.2. The summed E-state index contributed by atoms with van der Waals surface area (Å²) in [6, 6.07) is 11.1. The Hall–Kier alpha value is -3.50. The van der Waals surface area contributed by atoms with Crippen molar-refractivity contribution in [3.8, 4) is 0 Å². The lowest BCUT2D eigenvalue weighted by Gasteiger charge is -2.19. The number of rotatable bonds is 5. The summed E-state index contributed by atoms with van der Waals surface area (Å²) < 4.78 is 5.75. The Labute approximate surface area is 198 Å². The summed E-state index contributed by atoms with van der Waals surface area (Å²) >= 11 is 7.11. The van der Waals surface area contributed by atoms with E-state index in [2.05, 4.69) is 15.3 Å². The predicted molar refractivity (Wildman–Crippen MR) is 125 cm³/mol.